The van der Waals surface area contributed by atoms with Crippen LogP contribution >= 0.6 is 0 Å². The van der Waals surface area contributed by atoms with Gasteiger partial charge in [-0.05, 0) is 52.8 Å². The Morgan fingerprint density at radius 1 is 1.32 bits per heavy atom. The number of carbonyl (C=O) groups is 1. The molecule has 1 amide bonds. The van der Waals surface area contributed by atoms with Gasteiger partial charge in [0.05, 0.1) is 5.69 Å². The first kappa shape index (κ1) is 17.0. The van der Waals surface area contributed by atoms with E-state index in [9.17, 15) is 4.79 Å². The van der Waals surface area contributed by atoms with Gasteiger partial charge in [0.1, 0.15) is 0 Å². The van der Waals surface area contributed by atoms with Gasteiger partial charge in [-0.1, -0.05) is 6.42 Å². The Hall–Kier alpha value is -1.36. The van der Waals surface area contributed by atoms with Crippen LogP contribution in [0.25, 0.3) is 0 Å². The molecule has 2 heterocycles. The number of hydrogen-bond donors (Lipinski definition) is 0. The van der Waals surface area contributed by atoms with Crippen molar-refractivity contribution >= 4 is 5.91 Å². The quantitative estimate of drug-likeness (QED) is 0.853. The van der Waals surface area contributed by atoms with Crippen molar-refractivity contribution in [3.8, 4) is 0 Å². The van der Waals surface area contributed by atoms with Crippen molar-refractivity contribution < 1.29 is 4.79 Å². The van der Waals surface area contributed by atoms with Crippen molar-refractivity contribution in [1.82, 2.24) is 19.6 Å². The molecule has 1 aromatic heterocycles. The van der Waals surface area contributed by atoms with Gasteiger partial charge in [-0.2, -0.15) is 5.10 Å². The molecule has 0 saturated carbocycles. The first-order chi connectivity index (χ1) is 10.4. The second kappa shape index (κ2) is 7.27. The van der Waals surface area contributed by atoms with Gasteiger partial charge in [-0.15, -0.1) is 0 Å². The Labute approximate surface area is 134 Å². The van der Waals surface area contributed by atoms with E-state index in [2.05, 4.69) is 35.9 Å². The number of carbonyl (C=O) groups excluding carboxylic acids is 1. The molecule has 22 heavy (non-hydrogen) atoms. The number of hydrogen-bond acceptors (Lipinski definition) is 3. The first-order valence-electron chi connectivity index (χ1n) is 8.33. The maximum atomic E-state index is 12.6. The average molecular weight is 306 g/mol. The van der Waals surface area contributed by atoms with Gasteiger partial charge < -0.3 is 9.80 Å². The summed E-state index contributed by atoms with van der Waals surface area (Å²) in [7, 11) is 6.19. The molecule has 5 nitrogen and oxygen atoms in total. The summed E-state index contributed by atoms with van der Waals surface area (Å²) in [4.78, 5) is 16.9. The van der Waals surface area contributed by atoms with Gasteiger partial charge in [-0.25, -0.2) is 0 Å². The third-order valence-electron chi connectivity index (χ3n) is 4.98. The Kier molecular flexibility index (Phi) is 5.62. The van der Waals surface area contributed by atoms with E-state index in [4.69, 9.17) is 0 Å². The van der Waals surface area contributed by atoms with Gasteiger partial charge in [0.2, 0.25) is 5.91 Å². The van der Waals surface area contributed by atoms with Crippen molar-refractivity contribution in [1.29, 1.82) is 0 Å². The molecule has 0 spiro atoms. The molecule has 1 atom stereocenters. The smallest absolute Gasteiger partial charge is 0.222 e. The fourth-order valence-corrected chi connectivity index (χ4v) is 3.34. The second-order valence-electron chi connectivity index (χ2n) is 6.73. The van der Waals surface area contributed by atoms with E-state index in [0.717, 1.165) is 31.6 Å². The Morgan fingerprint density at radius 3 is 2.64 bits per heavy atom. The summed E-state index contributed by atoms with van der Waals surface area (Å²) < 4.78 is 1.91. The standard InChI is InChI=1S/C17H30N4O/c1-13-16(14(2)20(5)18-13)9-10-17(22)21-11-7-6-8-15(12-21)19(3)4/h15H,6-12H2,1-5H3/t15-/m0/s1. The fraction of sp³-hybridized carbons (Fsp3) is 0.765. The molecule has 0 bridgehead atoms. The highest BCUT2D eigenvalue weighted by Crippen LogP contribution is 2.18. The topological polar surface area (TPSA) is 41.4 Å². The lowest BCUT2D eigenvalue weighted by Gasteiger charge is -2.28. The zero-order valence-corrected chi connectivity index (χ0v) is 14.7. The van der Waals surface area contributed by atoms with Crippen LogP contribution in [0.3, 0.4) is 0 Å². The minimum absolute atomic E-state index is 0.288. The van der Waals surface area contributed by atoms with Crippen LogP contribution in [-0.2, 0) is 18.3 Å². The lowest BCUT2D eigenvalue weighted by atomic mass is 10.1. The van der Waals surface area contributed by atoms with E-state index >= 15 is 0 Å². The van der Waals surface area contributed by atoms with Crippen LogP contribution in [0.2, 0.25) is 0 Å². The van der Waals surface area contributed by atoms with Crippen LogP contribution in [0.5, 0.6) is 0 Å². The minimum atomic E-state index is 0.288. The van der Waals surface area contributed by atoms with E-state index in [0.29, 0.717) is 12.5 Å². The van der Waals surface area contributed by atoms with E-state index in [1.807, 2.05) is 18.7 Å². The summed E-state index contributed by atoms with van der Waals surface area (Å²) in [6, 6.07) is 0.494. The lowest BCUT2D eigenvalue weighted by Crippen LogP contribution is -2.42. The molecule has 1 aromatic rings. The first-order valence-corrected chi connectivity index (χ1v) is 8.33. The Balaban J connectivity index is 1.96. The van der Waals surface area contributed by atoms with Gasteiger partial charge in [0.25, 0.3) is 0 Å². The van der Waals surface area contributed by atoms with Crippen molar-refractivity contribution in [3.05, 3.63) is 17.0 Å². The molecule has 0 aromatic carbocycles. The molecule has 1 aliphatic heterocycles. The molecule has 0 unspecified atom stereocenters. The Morgan fingerprint density at radius 2 is 2.05 bits per heavy atom. The molecular weight excluding hydrogens is 276 g/mol. The van der Waals surface area contributed by atoms with Gasteiger partial charge in [-0.3, -0.25) is 9.48 Å². The predicted molar refractivity (Wildman–Crippen MR) is 88.9 cm³/mol. The number of aryl methyl sites for hydroxylation is 2. The van der Waals surface area contributed by atoms with Crippen LogP contribution in [0, 0.1) is 13.8 Å². The van der Waals surface area contributed by atoms with Crippen molar-refractivity contribution in [2.24, 2.45) is 7.05 Å². The molecular formula is C17H30N4O. The minimum Gasteiger partial charge on any atom is -0.341 e. The molecule has 2 rings (SSSR count). The van der Waals surface area contributed by atoms with Crippen LogP contribution in [0.15, 0.2) is 0 Å². The number of rotatable bonds is 4. The van der Waals surface area contributed by atoms with Gasteiger partial charge >= 0.3 is 0 Å². The van der Waals surface area contributed by atoms with Gasteiger partial charge in [0, 0.05) is 38.3 Å². The highest BCUT2D eigenvalue weighted by molar-refractivity contribution is 5.76. The third kappa shape index (κ3) is 3.88. The van der Waals surface area contributed by atoms with Crippen molar-refractivity contribution in [2.45, 2.75) is 52.0 Å². The monoisotopic (exact) mass is 306 g/mol. The molecule has 124 valence electrons. The summed E-state index contributed by atoms with van der Waals surface area (Å²) in [6.45, 7) is 5.89. The Bertz CT molecular complexity index is 521. The fourth-order valence-electron chi connectivity index (χ4n) is 3.34. The number of nitrogens with zero attached hydrogens (tertiary/aromatic N) is 4. The molecule has 0 aliphatic carbocycles. The predicted octanol–water partition coefficient (Wildman–Crippen LogP) is 1.91. The van der Waals surface area contributed by atoms with E-state index in [-0.39, 0.29) is 5.91 Å². The maximum absolute atomic E-state index is 12.6. The van der Waals surface area contributed by atoms with Crippen LogP contribution < -0.4 is 0 Å². The van der Waals surface area contributed by atoms with Crippen molar-refractivity contribution in [2.75, 3.05) is 27.2 Å². The second-order valence-corrected chi connectivity index (χ2v) is 6.73. The number of amides is 1. The maximum Gasteiger partial charge on any atom is 0.222 e. The SMILES string of the molecule is Cc1nn(C)c(C)c1CCC(=O)N1CCCC[C@H](N(C)C)C1. The summed E-state index contributed by atoms with van der Waals surface area (Å²) in [6.07, 6.45) is 4.92. The summed E-state index contributed by atoms with van der Waals surface area (Å²) >= 11 is 0. The van der Waals surface area contributed by atoms with E-state index < -0.39 is 0 Å². The van der Waals surface area contributed by atoms with E-state index in [1.165, 1.54) is 24.1 Å². The number of aromatic nitrogens is 2. The summed E-state index contributed by atoms with van der Waals surface area (Å²) in [5, 5.41) is 4.44. The molecule has 0 radical (unpaired) electrons. The zero-order chi connectivity index (χ0) is 16.3. The molecule has 5 heteroatoms. The zero-order valence-electron chi connectivity index (χ0n) is 14.7. The molecule has 1 fully saturated rings. The van der Waals surface area contributed by atoms with Crippen LogP contribution in [0.1, 0.15) is 42.6 Å². The highest BCUT2D eigenvalue weighted by Gasteiger charge is 2.23. The highest BCUT2D eigenvalue weighted by atomic mass is 16.2. The summed E-state index contributed by atoms with van der Waals surface area (Å²) in [5.74, 6) is 0.288. The van der Waals surface area contributed by atoms with Crippen LogP contribution in [0.4, 0.5) is 0 Å². The lowest BCUT2D eigenvalue weighted by molar-refractivity contribution is -0.131. The third-order valence-corrected chi connectivity index (χ3v) is 4.98. The molecule has 0 N–H and O–H groups in total. The normalized spacial score (nSPS) is 19.5. The summed E-state index contributed by atoms with van der Waals surface area (Å²) in [5.41, 5.74) is 3.46. The van der Waals surface area contributed by atoms with Crippen LogP contribution in [-0.4, -0.2) is 58.7 Å². The molecule has 1 aliphatic rings. The molecule has 1 saturated heterocycles. The number of likely N-dealkylation sites (tertiary alicyclic amines) is 1. The average Bonchev–Trinajstić information content (AvgIpc) is 2.67. The number of likely N-dealkylation sites (N-methyl/N-ethyl adjacent to an activating group) is 1. The van der Waals surface area contributed by atoms with Gasteiger partial charge in [0.15, 0.2) is 0 Å². The van der Waals surface area contributed by atoms with Crippen molar-refractivity contribution in [3.63, 3.8) is 0 Å². The largest absolute Gasteiger partial charge is 0.341 e. The van der Waals surface area contributed by atoms with E-state index in [1.54, 1.807) is 0 Å².